The predicted octanol–water partition coefficient (Wildman–Crippen LogP) is 1.60. The van der Waals surface area contributed by atoms with Gasteiger partial charge in [0.2, 0.25) is 5.95 Å². The van der Waals surface area contributed by atoms with Gasteiger partial charge in [0.1, 0.15) is 0 Å². The molecule has 2 atom stereocenters. The Labute approximate surface area is 161 Å². The van der Waals surface area contributed by atoms with Gasteiger partial charge in [-0.05, 0) is 64.0 Å². The SMILES string of the molecule is CN(C)c1nc2c(c(=O)[nH]1)CCC21CCN(CCN2C[C@H]3CC[C@@H]2C3)CC1. The molecule has 148 valence electrons. The number of rotatable bonds is 4. The molecule has 2 saturated heterocycles. The lowest BCUT2D eigenvalue weighted by Crippen LogP contribution is -2.46. The van der Waals surface area contributed by atoms with Gasteiger partial charge in [-0.2, -0.15) is 0 Å². The molecule has 1 N–H and O–H groups in total. The van der Waals surface area contributed by atoms with E-state index in [1.165, 1.54) is 38.9 Å². The highest BCUT2D eigenvalue weighted by molar-refractivity contribution is 5.39. The molecule has 4 aliphatic rings. The summed E-state index contributed by atoms with van der Waals surface area (Å²) < 4.78 is 0. The Morgan fingerprint density at radius 2 is 2.00 bits per heavy atom. The standard InChI is InChI=1S/C21H33N5O/c1-24(2)20-22-18-17(19(27)23-20)5-6-21(18)7-9-25(10-8-21)11-12-26-14-15-3-4-16(26)13-15/h15-16H,3-14H2,1-2H3,(H,22,23,27)/t15-,16+/m0/s1. The monoisotopic (exact) mass is 371 g/mol. The molecular weight excluding hydrogens is 338 g/mol. The first-order valence-electron chi connectivity index (χ1n) is 10.8. The fourth-order valence-corrected chi connectivity index (χ4v) is 6.11. The Morgan fingerprint density at radius 3 is 2.67 bits per heavy atom. The Morgan fingerprint density at radius 1 is 1.19 bits per heavy atom. The van der Waals surface area contributed by atoms with Crippen LogP contribution in [0.1, 0.15) is 49.8 Å². The van der Waals surface area contributed by atoms with Gasteiger partial charge in [-0.3, -0.25) is 14.7 Å². The number of hydrogen-bond acceptors (Lipinski definition) is 5. The molecule has 5 rings (SSSR count). The van der Waals surface area contributed by atoms with Crippen LogP contribution in [0.4, 0.5) is 5.95 Å². The Kier molecular flexibility index (Phi) is 4.32. The molecule has 3 fully saturated rings. The maximum atomic E-state index is 12.5. The summed E-state index contributed by atoms with van der Waals surface area (Å²) in [6.07, 6.45) is 8.63. The van der Waals surface area contributed by atoms with Crippen LogP contribution in [-0.2, 0) is 11.8 Å². The zero-order valence-corrected chi connectivity index (χ0v) is 16.8. The molecule has 6 heteroatoms. The number of H-pyrrole nitrogens is 1. The van der Waals surface area contributed by atoms with Gasteiger partial charge in [-0.15, -0.1) is 0 Å². The molecule has 0 radical (unpaired) electrons. The van der Waals surface area contributed by atoms with Crippen LogP contribution in [0.2, 0.25) is 0 Å². The van der Waals surface area contributed by atoms with E-state index in [2.05, 4.69) is 14.8 Å². The van der Waals surface area contributed by atoms with Crippen molar-refractivity contribution in [2.75, 3.05) is 51.7 Å². The third-order valence-corrected chi connectivity index (χ3v) is 7.82. The molecule has 1 spiro atoms. The molecule has 2 aliphatic heterocycles. The second-order valence-corrected chi connectivity index (χ2v) is 9.56. The van der Waals surface area contributed by atoms with Crippen LogP contribution in [0.25, 0.3) is 0 Å². The van der Waals surface area contributed by atoms with Crippen molar-refractivity contribution in [3.05, 3.63) is 21.6 Å². The summed E-state index contributed by atoms with van der Waals surface area (Å²) >= 11 is 0. The third kappa shape index (κ3) is 3.01. The molecule has 3 heterocycles. The van der Waals surface area contributed by atoms with E-state index in [1.54, 1.807) is 0 Å². The van der Waals surface area contributed by atoms with Gasteiger partial charge in [0.15, 0.2) is 0 Å². The lowest BCUT2D eigenvalue weighted by molar-refractivity contribution is 0.125. The van der Waals surface area contributed by atoms with Crippen molar-refractivity contribution in [1.29, 1.82) is 0 Å². The second kappa shape index (κ2) is 6.59. The van der Waals surface area contributed by atoms with Gasteiger partial charge < -0.3 is 9.80 Å². The van der Waals surface area contributed by atoms with Crippen LogP contribution in [-0.4, -0.2) is 72.6 Å². The number of aromatic amines is 1. The lowest BCUT2D eigenvalue weighted by Gasteiger charge is -2.40. The number of fused-ring (bicyclic) bond motifs is 4. The summed E-state index contributed by atoms with van der Waals surface area (Å²) in [6.45, 7) is 6.08. The van der Waals surface area contributed by atoms with E-state index >= 15 is 0 Å². The fourth-order valence-electron chi connectivity index (χ4n) is 6.11. The molecule has 1 aromatic rings. The number of piperidine rings is 2. The minimum absolute atomic E-state index is 0.0760. The molecule has 27 heavy (non-hydrogen) atoms. The van der Waals surface area contributed by atoms with Crippen LogP contribution in [0.3, 0.4) is 0 Å². The maximum absolute atomic E-state index is 12.5. The second-order valence-electron chi connectivity index (χ2n) is 9.56. The highest BCUT2D eigenvalue weighted by atomic mass is 16.1. The number of anilines is 1. The topological polar surface area (TPSA) is 55.5 Å². The molecular formula is C21H33N5O. The number of nitrogens with zero attached hydrogens (tertiary/aromatic N) is 4. The lowest BCUT2D eigenvalue weighted by atomic mass is 9.76. The van der Waals surface area contributed by atoms with Crippen LogP contribution >= 0.6 is 0 Å². The smallest absolute Gasteiger partial charge is 0.255 e. The van der Waals surface area contributed by atoms with Crippen molar-refractivity contribution in [2.45, 2.75) is 56.4 Å². The largest absolute Gasteiger partial charge is 0.348 e. The van der Waals surface area contributed by atoms with Crippen LogP contribution in [0.15, 0.2) is 4.79 Å². The summed E-state index contributed by atoms with van der Waals surface area (Å²) in [5, 5.41) is 0. The first-order valence-corrected chi connectivity index (χ1v) is 10.8. The van der Waals surface area contributed by atoms with Gasteiger partial charge in [-0.25, -0.2) is 4.98 Å². The number of hydrogen-bond donors (Lipinski definition) is 1. The van der Waals surface area contributed by atoms with E-state index in [1.807, 2.05) is 19.0 Å². The summed E-state index contributed by atoms with van der Waals surface area (Å²) in [4.78, 5) is 27.6. The number of nitrogens with one attached hydrogen (secondary N) is 1. The van der Waals surface area contributed by atoms with E-state index in [0.717, 1.165) is 62.0 Å². The Bertz CT molecular complexity index is 764. The zero-order valence-electron chi connectivity index (χ0n) is 16.8. The molecule has 6 nitrogen and oxygen atoms in total. The van der Waals surface area contributed by atoms with Crippen molar-refractivity contribution >= 4 is 5.95 Å². The normalized spacial score (nSPS) is 29.6. The van der Waals surface area contributed by atoms with Crippen LogP contribution in [0, 0.1) is 5.92 Å². The van der Waals surface area contributed by atoms with Gasteiger partial charge >= 0.3 is 0 Å². The van der Waals surface area contributed by atoms with Gasteiger partial charge in [0.05, 0.1) is 5.69 Å². The van der Waals surface area contributed by atoms with Crippen molar-refractivity contribution < 1.29 is 0 Å². The molecule has 1 saturated carbocycles. The van der Waals surface area contributed by atoms with Gasteiger partial charge in [0.25, 0.3) is 5.56 Å². The molecule has 0 unspecified atom stereocenters. The van der Waals surface area contributed by atoms with Crippen LogP contribution in [0.5, 0.6) is 0 Å². The maximum Gasteiger partial charge on any atom is 0.255 e. The van der Waals surface area contributed by atoms with E-state index in [0.29, 0.717) is 5.95 Å². The Hall–Kier alpha value is -1.40. The summed E-state index contributed by atoms with van der Waals surface area (Å²) in [5.41, 5.74) is 2.26. The first-order chi connectivity index (χ1) is 13.0. The summed E-state index contributed by atoms with van der Waals surface area (Å²) in [5.74, 6) is 1.69. The third-order valence-electron chi connectivity index (χ3n) is 7.82. The van der Waals surface area contributed by atoms with E-state index < -0.39 is 0 Å². The minimum atomic E-state index is 0.0760. The molecule has 1 aromatic heterocycles. The number of likely N-dealkylation sites (tertiary alicyclic amines) is 2. The highest BCUT2D eigenvalue weighted by Gasteiger charge is 2.44. The molecule has 0 aromatic carbocycles. The molecule has 2 aliphatic carbocycles. The van der Waals surface area contributed by atoms with E-state index in [9.17, 15) is 4.79 Å². The van der Waals surface area contributed by atoms with Crippen molar-refractivity contribution in [3.63, 3.8) is 0 Å². The summed E-state index contributed by atoms with van der Waals surface area (Å²) in [7, 11) is 3.89. The highest BCUT2D eigenvalue weighted by Crippen LogP contribution is 2.44. The van der Waals surface area contributed by atoms with Crippen LogP contribution < -0.4 is 10.5 Å². The average molecular weight is 372 g/mol. The first kappa shape index (κ1) is 17.7. The zero-order chi connectivity index (χ0) is 18.6. The Balaban J connectivity index is 1.24. The summed E-state index contributed by atoms with van der Waals surface area (Å²) in [6, 6.07) is 0.883. The van der Waals surface area contributed by atoms with Gasteiger partial charge in [0, 0.05) is 50.7 Å². The van der Waals surface area contributed by atoms with Crippen molar-refractivity contribution in [2.24, 2.45) is 5.92 Å². The van der Waals surface area contributed by atoms with E-state index in [-0.39, 0.29) is 11.0 Å². The van der Waals surface area contributed by atoms with Crippen molar-refractivity contribution in [1.82, 2.24) is 19.8 Å². The van der Waals surface area contributed by atoms with E-state index in [4.69, 9.17) is 4.98 Å². The predicted molar refractivity (Wildman–Crippen MR) is 108 cm³/mol. The quantitative estimate of drug-likeness (QED) is 0.871. The average Bonchev–Trinajstić information content (AvgIpc) is 3.37. The molecule has 2 bridgehead atoms. The van der Waals surface area contributed by atoms with Gasteiger partial charge in [-0.1, -0.05) is 0 Å². The molecule has 0 amide bonds. The fraction of sp³-hybridized carbons (Fsp3) is 0.810. The van der Waals surface area contributed by atoms with Crippen molar-refractivity contribution in [3.8, 4) is 0 Å². The number of aromatic nitrogens is 2. The minimum Gasteiger partial charge on any atom is -0.348 e.